The number of fused-ring (bicyclic) bond motifs is 1. The van der Waals surface area contributed by atoms with Crippen LogP contribution in [0.5, 0.6) is 0 Å². The van der Waals surface area contributed by atoms with E-state index in [2.05, 4.69) is 34.5 Å². The van der Waals surface area contributed by atoms with Crippen LogP contribution in [0.3, 0.4) is 0 Å². The van der Waals surface area contributed by atoms with Crippen molar-refractivity contribution in [3.8, 4) is 0 Å². The molecule has 0 radical (unpaired) electrons. The standard InChI is InChI=1S/C21H31N3O/c1-23(20(25)21-11-5-4-9-18(21)14-22-16-21)15-17-8-2-3-10-19(17)24-12-6-7-13-24/h2-3,8,10,18,22H,4-7,9,11-16H2,1H3/t18-,21+/m0/s1. The van der Waals surface area contributed by atoms with Gasteiger partial charge in [0.05, 0.1) is 5.41 Å². The maximum Gasteiger partial charge on any atom is 0.230 e. The van der Waals surface area contributed by atoms with Gasteiger partial charge in [0.15, 0.2) is 0 Å². The van der Waals surface area contributed by atoms with Crippen LogP contribution in [-0.2, 0) is 11.3 Å². The highest BCUT2D eigenvalue weighted by molar-refractivity contribution is 5.84. The highest BCUT2D eigenvalue weighted by Gasteiger charge is 2.50. The van der Waals surface area contributed by atoms with Crippen molar-refractivity contribution >= 4 is 11.6 Å². The summed E-state index contributed by atoms with van der Waals surface area (Å²) in [5.41, 5.74) is 2.46. The first-order chi connectivity index (χ1) is 12.2. The van der Waals surface area contributed by atoms with Gasteiger partial charge in [0.2, 0.25) is 5.91 Å². The molecule has 4 rings (SSSR count). The topological polar surface area (TPSA) is 35.6 Å². The number of hydrogen-bond acceptors (Lipinski definition) is 3. The molecule has 1 saturated carbocycles. The largest absolute Gasteiger partial charge is 0.371 e. The van der Waals surface area contributed by atoms with Crippen LogP contribution in [0, 0.1) is 11.3 Å². The smallest absolute Gasteiger partial charge is 0.230 e. The van der Waals surface area contributed by atoms with E-state index in [9.17, 15) is 4.79 Å². The molecule has 0 aromatic heterocycles. The first-order valence-electron chi connectivity index (χ1n) is 10.00. The fraction of sp³-hybridized carbons (Fsp3) is 0.667. The normalized spacial score (nSPS) is 28.8. The van der Waals surface area contributed by atoms with Gasteiger partial charge in [-0.1, -0.05) is 31.0 Å². The summed E-state index contributed by atoms with van der Waals surface area (Å²) in [6.45, 7) is 4.90. The molecule has 0 bridgehead atoms. The molecular formula is C21H31N3O. The minimum Gasteiger partial charge on any atom is -0.371 e. The number of carbonyl (C=O) groups excluding carboxylic acids is 1. The number of nitrogens with zero attached hydrogens (tertiary/aromatic N) is 2. The molecule has 1 amide bonds. The maximum atomic E-state index is 13.4. The summed E-state index contributed by atoms with van der Waals surface area (Å²) in [4.78, 5) is 17.9. The van der Waals surface area contributed by atoms with Crippen molar-refractivity contribution in [3.63, 3.8) is 0 Å². The van der Waals surface area contributed by atoms with Gasteiger partial charge in [-0.15, -0.1) is 0 Å². The Bertz CT molecular complexity index is 625. The molecule has 136 valence electrons. The highest BCUT2D eigenvalue weighted by Crippen LogP contribution is 2.45. The molecule has 4 nitrogen and oxygen atoms in total. The average molecular weight is 341 g/mol. The minimum atomic E-state index is -0.143. The lowest BCUT2D eigenvalue weighted by molar-refractivity contribution is -0.144. The van der Waals surface area contributed by atoms with Crippen molar-refractivity contribution in [1.29, 1.82) is 0 Å². The van der Waals surface area contributed by atoms with Crippen LogP contribution in [-0.4, -0.2) is 44.0 Å². The lowest BCUT2D eigenvalue weighted by atomic mass is 9.67. The van der Waals surface area contributed by atoms with Gasteiger partial charge in [0.25, 0.3) is 0 Å². The minimum absolute atomic E-state index is 0.143. The van der Waals surface area contributed by atoms with E-state index >= 15 is 0 Å². The molecule has 0 unspecified atom stereocenters. The average Bonchev–Trinajstić information content (AvgIpc) is 3.31. The van der Waals surface area contributed by atoms with E-state index in [1.165, 1.54) is 43.4 Å². The molecular weight excluding hydrogens is 310 g/mol. The van der Waals surface area contributed by atoms with Crippen LogP contribution in [0.4, 0.5) is 5.69 Å². The summed E-state index contributed by atoms with van der Waals surface area (Å²) in [6.07, 6.45) is 7.29. The predicted octanol–water partition coefficient (Wildman–Crippen LogP) is 3.03. The van der Waals surface area contributed by atoms with E-state index < -0.39 is 0 Å². The van der Waals surface area contributed by atoms with Gasteiger partial charge in [-0.05, 0) is 49.8 Å². The lowest BCUT2D eigenvalue weighted by Gasteiger charge is -2.40. The Balaban J connectivity index is 1.52. The molecule has 0 spiro atoms. The van der Waals surface area contributed by atoms with Crippen molar-refractivity contribution in [2.75, 3.05) is 38.1 Å². The van der Waals surface area contributed by atoms with Crippen molar-refractivity contribution in [1.82, 2.24) is 10.2 Å². The summed E-state index contributed by atoms with van der Waals surface area (Å²) >= 11 is 0. The third-order valence-electron chi connectivity index (χ3n) is 6.66. The lowest BCUT2D eigenvalue weighted by Crippen LogP contribution is -2.48. The number of nitrogens with one attached hydrogen (secondary N) is 1. The number of para-hydroxylation sites is 1. The quantitative estimate of drug-likeness (QED) is 0.914. The van der Waals surface area contributed by atoms with Crippen molar-refractivity contribution < 1.29 is 4.79 Å². The molecule has 1 N–H and O–H groups in total. The van der Waals surface area contributed by atoms with Gasteiger partial charge in [-0.25, -0.2) is 0 Å². The zero-order valence-electron chi connectivity index (χ0n) is 15.5. The Labute approximate surface area is 151 Å². The molecule has 2 heterocycles. The number of amides is 1. The van der Waals surface area contributed by atoms with E-state index in [4.69, 9.17) is 0 Å². The van der Waals surface area contributed by atoms with Crippen LogP contribution in [0.25, 0.3) is 0 Å². The van der Waals surface area contributed by atoms with Crippen LogP contribution >= 0.6 is 0 Å². The summed E-state index contributed by atoms with van der Waals surface area (Å²) in [5, 5.41) is 3.51. The van der Waals surface area contributed by atoms with E-state index in [1.807, 2.05) is 11.9 Å². The number of carbonyl (C=O) groups is 1. The second-order valence-electron chi connectivity index (χ2n) is 8.21. The fourth-order valence-electron chi connectivity index (χ4n) is 5.29. The summed E-state index contributed by atoms with van der Waals surface area (Å²) < 4.78 is 0. The molecule has 1 aliphatic carbocycles. The van der Waals surface area contributed by atoms with E-state index in [0.29, 0.717) is 11.8 Å². The van der Waals surface area contributed by atoms with E-state index in [1.54, 1.807) is 0 Å². The molecule has 2 saturated heterocycles. The second-order valence-corrected chi connectivity index (χ2v) is 8.21. The first-order valence-corrected chi connectivity index (χ1v) is 10.00. The predicted molar refractivity (Wildman–Crippen MR) is 102 cm³/mol. The van der Waals surface area contributed by atoms with Crippen molar-refractivity contribution in [2.24, 2.45) is 11.3 Å². The van der Waals surface area contributed by atoms with Gasteiger partial charge in [-0.3, -0.25) is 4.79 Å². The number of hydrogen-bond donors (Lipinski definition) is 1. The van der Waals surface area contributed by atoms with Crippen LogP contribution in [0.15, 0.2) is 24.3 Å². The third kappa shape index (κ3) is 3.05. The Morgan fingerprint density at radius 2 is 2.04 bits per heavy atom. The van der Waals surface area contributed by atoms with Gasteiger partial charge in [0, 0.05) is 38.9 Å². The first kappa shape index (κ1) is 16.9. The molecule has 3 fully saturated rings. The summed E-state index contributed by atoms with van der Waals surface area (Å²) in [7, 11) is 2.00. The molecule has 2 aliphatic heterocycles. The summed E-state index contributed by atoms with van der Waals surface area (Å²) in [6, 6.07) is 8.64. The number of benzene rings is 1. The van der Waals surface area contributed by atoms with Gasteiger partial charge >= 0.3 is 0 Å². The van der Waals surface area contributed by atoms with E-state index in [0.717, 1.165) is 39.1 Å². The van der Waals surface area contributed by atoms with Crippen LogP contribution < -0.4 is 10.2 Å². The van der Waals surface area contributed by atoms with Crippen LogP contribution in [0.1, 0.15) is 44.1 Å². The van der Waals surface area contributed by atoms with Crippen molar-refractivity contribution in [3.05, 3.63) is 29.8 Å². The zero-order chi connectivity index (χ0) is 17.3. The number of anilines is 1. The molecule has 1 aromatic carbocycles. The second kappa shape index (κ2) is 6.99. The third-order valence-corrected chi connectivity index (χ3v) is 6.66. The SMILES string of the molecule is CN(Cc1ccccc1N1CCCC1)C(=O)[C@@]12CCCC[C@H]1CNC2. The monoisotopic (exact) mass is 341 g/mol. The number of rotatable bonds is 4. The Hall–Kier alpha value is -1.55. The van der Waals surface area contributed by atoms with E-state index in [-0.39, 0.29) is 5.41 Å². The van der Waals surface area contributed by atoms with Gasteiger partial charge < -0.3 is 15.1 Å². The summed E-state index contributed by atoms with van der Waals surface area (Å²) in [5.74, 6) is 0.892. The fourth-order valence-corrected chi connectivity index (χ4v) is 5.29. The Morgan fingerprint density at radius 1 is 1.24 bits per heavy atom. The molecule has 1 aromatic rings. The Morgan fingerprint density at radius 3 is 2.88 bits per heavy atom. The Kier molecular flexibility index (Phi) is 4.72. The van der Waals surface area contributed by atoms with Gasteiger partial charge in [-0.2, -0.15) is 0 Å². The van der Waals surface area contributed by atoms with Gasteiger partial charge in [0.1, 0.15) is 0 Å². The molecule has 2 atom stereocenters. The van der Waals surface area contributed by atoms with Crippen LogP contribution in [0.2, 0.25) is 0 Å². The molecule has 25 heavy (non-hydrogen) atoms. The highest BCUT2D eigenvalue weighted by atomic mass is 16.2. The maximum absolute atomic E-state index is 13.4. The molecule has 4 heteroatoms. The van der Waals surface area contributed by atoms with Crippen molar-refractivity contribution in [2.45, 2.75) is 45.1 Å². The molecule has 3 aliphatic rings. The zero-order valence-corrected chi connectivity index (χ0v) is 15.5.